The third kappa shape index (κ3) is 6.38. The van der Waals surface area contributed by atoms with Crippen LogP contribution < -0.4 is 0 Å². The summed E-state index contributed by atoms with van der Waals surface area (Å²) >= 11 is 0. The fraction of sp³-hybridized carbons (Fsp3) is 0.407. The number of hydrogen-bond acceptors (Lipinski definition) is 3. The Bertz CT molecular complexity index is 1280. The molecule has 1 aliphatic heterocycles. The molecule has 2 heterocycles. The van der Waals surface area contributed by atoms with Gasteiger partial charge in [-0.3, -0.25) is 9.69 Å². The minimum absolute atomic E-state index is 0.0359. The fourth-order valence-electron chi connectivity index (χ4n) is 4.73. The van der Waals surface area contributed by atoms with Crippen LogP contribution in [0.4, 0.5) is 26.3 Å². The van der Waals surface area contributed by atoms with Gasteiger partial charge in [0, 0.05) is 51.0 Å². The second-order valence-corrected chi connectivity index (χ2v) is 9.84. The maximum absolute atomic E-state index is 13.5. The second kappa shape index (κ2) is 10.4. The molecule has 0 bridgehead atoms. The number of carbonyl (C=O) groups excluding carboxylic acids is 1. The van der Waals surface area contributed by atoms with Gasteiger partial charge in [-0.1, -0.05) is 18.2 Å². The molecule has 1 saturated heterocycles. The summed E-state index contributed by atoms with van der Waals surface area (Å²) in [7, 11) is 1.85. The Morgan fingerprint density at radius 2 is 1.61 bits per heavy atom. The molecule has 204 valence electrons. The SMILES string of the molecule is Cc1ccc(C[C@@H]2CN(Cc3cn(C)cn3)CCN2C(=O)c2cc(C(F)(F)F)cc(C(F)(F)F)c2)cc1C. The zero-order valence-corrected chi connectivity index (χ0v) is 21.2. The van der Waals surface area contributed by atoms with Crippen molar-refractivity contribution in [2.75, 3.05) is 19.6 Å². The van der Waals surface area contributed by atoms with Crippen LogP contribution in [0.15, 0.2) is 48.9 Å². The van der Waals surface area contributed by atoms with Crippen molar-refractivity contribution in [3.8, 4) is 0 Å². The summed E-state index contributed by atoms with van der Waals surface area (Å²) < 4.78 is 82.4. The van der Waals surface area contributed by atoms with Gasteiger partial charge in [-0.15, -0.1) is 0 Å². The number of aromatic nitrogens is 2. The summed E-state index contributed by atoms with van der Waals surface area (Å²) in [6, 6.07) is 6.44. The first-order valence-corrected chi connectivity index (χ1v) is 12.1. The minimum Gasteiger partial charge on any atom is -0.340 e. The van der Waals surface area contributed by atoms with Crippen LogP contribution >= 0.6 is 0 Å². The van der Waals surface area contributed by atoms with E-state index in [-0.39, 0.29) is 12.6 Å². The molecule has 1 aromatic heterocycles. The largest absolute Gasteiger partial charge is 0.416 e. The first-order valence-electron chi connectivity index (χ1n) is 12.1. The van der Waals surface area contributed by atoms with Crippen molar-refractivity contribution in [1.29, 1.82) is 0 Å². The second-order valence-electron chi connectivity index (χ2n) is 9.84. The number of nitrogens with zero attached hydrogens (tertiary/aromatic N) is 4. The Labute approximate surface area is 216 Å². The molecule has 3 aromatic rings. The number of benzene rings is 2. The number of amides is 1. The summed E-state index contributed by atoms with van der Waals surface area (Å²) in [6.45, 7) is 5.37. The minimum atomic E-state index is -5.03. The topological polar surface area (TPSA) is 41.4 Å². The van der Waals surface area contributed by atoms with E-state index in [4.69, 9.17) is 0 Å². The normalized spacial score (nSPS) is 17.2. The van der Waals surface area contributed by atoms with Crippen molar-refractivity contribution in [1.82, 2.24) is 19.4 Å². The third-order valence-electron chi connectivity index (χ3n) is 6.85. The molecule has 11 heteroatoms. The van der Waals surface area contributed by atoms with E-state index in [1.165, 1.54) is 4.90 Å². The summed E-state index contributed by atoms with van der Waals surface area (Å²) in [5.74, 6) is -0.854. The maximum atomic E-state index is 13.5. The molecule has 0 N–H and O–H groups in total. The van der Waals surface area contributed by atoms with Crippen molar-refractivity contribution in [2.24, 2.45) is 7.05 Å². The van der Waals surface area contributed by atoms with Crippen molar-refractivity contribution in [3.05, 3.63) is 88.0 Å². The van der Waals surface area contributed by atoms with Gasteiger partial charge in [0.25, 0.3) is 5.91 Å². The number of halogens is 6. The van der Waals surface area contributed by atoms with Gasteiger partial charge < -0.3 is 9.47 Å². The summed E-state index contributed by atoms with van der Waals surface area (Å²) in [5.41, 5.74) is 0.251. The highest BCUT2D eigenvalue weighted by Crippen LogP contribution is 2.37. The molecule has 0 saturated carbocycles. The molecule has 1 amide bonds. The van der Waals surface area contributed by atoms with Gasteiger partial charge in [-0.2, -0.15) is 26.3 Å². The summed E-state index contributed by atoms with van der Waals surface area (Å²) in [5, 5.41) is 0. The van der Waals surface area contributed by atoms with Crippen molar-refractivity contribution >= 4 is 5.91 Å². The van der Waals surface area contributed by atoms with E-state index in [2.05, 4.69) is 9.88 Å². The Kier molecular flexibility index (Phi) is 7.60. The molecule has 2 aromatic carbocycles. The van der Waals surface area contributed by atoms with Crippen LogP contribution in [0, 0.1) is 13.8 Å². The maximum Gasteiger partial charge on any atom is 0.416 e. The van der Waals surface area contributed by atoms with Gasteiger partial charge in [0.05, 0.1) is 23.1 Å². The average molecular weight is 539 g/mol. The molecule has 1 atom stereocenters. The first kappa shape index (κ1) is 27.7. The van der Waals surface area contributed by atoms with Crippen LogP contribution in [0.25, 0.3) is 0 Å². The van der Waals surface area contributed by atoms with Crippen molar-refractivity contribution in [2.45, 2.75) is 45.2 Å². The molecule has 38 heavy (non-hydrogen) atoms. The Balaban J connectivity index is 1.66. The van der Waals surface area contributed by atoms with Crippen LogP contribution in [-0.2, 0) is 32.4 Å². The van der Waals surface area contributed by atoms with Gasteiger partial charge in [0.1, 0.15) is 0 Å². The summed E-state index contributed by atoms with van der Waals surface area (Å²) in [6.07, 6.45) is -6.12. The van der Waals surface area contributed by atoms with Crippen LogP contribution in [-0.4, -0.2) is 50.9 Å². The number of rotatable bonds is 5. The molecular formula is C27H28F6N4O. The lowest BCUT2D eigenvalue weighted by atomic mass is 9.97. The van der Waals surface area contributed by atoms with Gasteiger partial charge >= 0.3 is 12.4 Å². The highest BCUT2D eigenvalue weighted by molar-refractivity contribution is 5.95. The zero-order chi connectivity index (χ0) is 27.8. The molecule has 4 rings (SSSR count). The fourth-order valence-corrected chi connectivity index (χ4v) is 4.73. The van der Waals surface area contributed by atoms with E-state index < -0.39 is 41.0 Å². The smallest absolute Gasteiger partial charge is 0.340 e. The predicted octanol–water partition coefficient (Wildman–Crippen LogP) is 5.64. The van der Waals surface area contributed by atoms with Crippen LogP contribution in [0.3, 0.4) is 0 Å². The number of hydrogen-bond donors (Lipinski definition) is 0. The van der Waals surface area contributed by atoms with Crippen molar-refractivity contribution < 1.29 is 31.1 Å². The van der Waals surface area contributed by atoms with Crippen LogP contribution in [0.1, 0.15) is 43.9 Å². The van der Waals surface area contributed by atoms with Crippen molar-refractivity contribution in [3.63, 3.8) is 0 Å². The van der Waals surface area contributed by atoms with E-state index in [0.717, 1.165) is 22.4 Å². The molecule has 1 aliphatic rings. The molecular weight excluding hydrogens is 510 g/mol. The lowest BCUT2D eigenvalue weighted by Crippen LogP contribution is -2.55. The molecule has 0 spiro atoms. The molecule has 0 radical (unpaired) electrons. The standard InChI is InChI=1S/C27H28F6N4O/c1-17-4-5-19(8-18(17)2)9-24-15-36(14-23-13-35(3)16-34-23)6-7-37(24)25(38)20-10-21(26(28,29)30)12-22(11-20)27(31,32)33/h4-5,8,10-13,16,24H,6-7,9,14-15H2,1-3H3/t24-/m1/s1. The number of imidazole rings is 1. The Morgan fingerprint density at radius 3 is 2.16 bits per heavy atom. The highest BCUT2D eigenvalue weighted by Gasteiger charge is 2.39. The van der Waals surface area contributed by atoms with Gasteiger partial charge in [0.15, 0.2) is 0 Å². The van der Waals surface area contributed by atoms with E-state index in [1.807, 2.05) is 49.9 Å². The number of alkyl halides is 6. The van der Waals surface area contributed by atoms with Gasteiger partial charge in [0.2, 0.25) is 0 Å². The summed E-state index contributed by atoms with van der Waals surface area (Å²) in [4.78, 5) is 21.3. The monoisotopic (exact) mass is 538 g/mol. The van der Waals surface area contributed by atoms with Gasteiger partial charge in [-0.05, 0) is 55.2 Å². The van der Waals surface area contributed by atoms with Gasteiger partial charge in [-0.25, -0.2) is 4.98 Å². The number of piperazine rings is 1. The number of carbonyl (C=O) groups is 1. The first-order chi connectivity index (χ1) is 17.7. The number of aryl methyl sites for hydroxylation is 3. The predicted molar refractivity (Wildman–Crippen MR) is 129 cm³/mol. The average Bonchev–Trinajstić information content (AvgIpc) is 3.24. The van der Waals surface area contributed by atoms with E-state index in [9.17, 15) is 31.1 Å². The van der Waals surface area contributed by atoms with E-state index in [0.29, 0.717) is 38.2 Å². The Hall–Kier alpha value is -3.34. The van der Waals surface area contributed by atoms with Crippen LogP contribution in [0.5, 0.6) is 0 Å². The molecule has 0 aliphatic carbocycles. The van der Waals surface area contributed by atoms with E-state index >= 15 is 0 Å². The quantitative estimate of drug-likeness (QED) is 0.395. The Morgan fingerprint density at radius 1 is 0.947 bits per heavy atom. The van der Waals surface area contributed by atoms with E-state index in [1.54, 1.807) is 6.33 Å². The molecule has 1 fully saturated rings. The molecule has 0 unspecified atom stereocenters. The third-order valence-corrected chi connectivity index (χ3v) is 6.85. The lowest BCUT2D eigenvalue weighted by molar-refractivity contribution is -0.143. The molecule has 5 nitrogen and oxygen atoms in total. The van der Waals surface area contributed by atoms with Crippen LogP contribution in [0.2, 0.25) is 0 Å². The highest BCUT2D eigenvalue weighted by atomic mass is 19.4. The lowest BCUT2D eigenvalue weighted by Gasteiger charge is -2.41. The zero-order valence-electron chi connectivity index (χ0n) is 21.2.